The molecule has 166 valence electrons. The molecule has 2 amide bonds. The van der Waals surface area contributed by atoms with Gasteiger partial charge in [-0.15, -0.1) is 0 Å². The second-order valence-electron chi connectivity index (χ2n) is 6.51. The average molecular weight is 495 g/mol. The fourth-order valence-electron chi connectivity index (χ4n) is 2.71. The molecule has 0 aromatic heterocycles. The minimum Gasteiger partial charge on any atom is -0.306 e. The van der Waals surface area contributed by atoms with Crippen molar-refractivity contribution < 1.29 is 18.1 Å². The Balaban J connectivity index is 1.85. The molecular formula is C20H16Cl2N4O5S. The quantitative estimate of drug-likeness (QED) is 0.295. The van der Waals surface area contributed by atoms with Crippen LogP contribution in [0.25, 0.3) is 0 Å². The third kappa shape index (κ3) is 6.10. The van der Waals surface area contributed by atoms with Crippen LogP contribution in [-0.4, -0.2) is 19.4 Å². The number of nitrogens with one attached hydrogen (secondary N) is 3. The molecule has 0 bridgehead atoms. The van der Waals surface area contributed by atoms with Crippen molar-refractivity contribution in [2.24, 2.45) is 0 Å². The molecule has 0 heterocycles. The number of carbonyl (C=O) groups excluding carboxylic acids is 1. The number of sulfonamides is 1. The van der Waals surface area contributed by atoms with Crippen molar-refractivity contribution in [3.05, 3.63) is 92.5 Å². The number of nitrogens with zero attached hydrogens (tertiary/aromatic N) is 1. The Morgan fingerprint density at radius 3 is 2.28 bits per heavy atom. The predicted octanol–water partition coefficient (Wildman–Crippen LogP) is 5.49. The van der Waals surface area contributed by atoms with E-state index in [0.717, 1.165) is 12.1 Å². The summed E-state index contributed by atoms with van der Waals surface area (Å²) in [5, 5.41) is 16.5. The summed E-state index contributed by atoms with van der Waals surface area (Å²) in [5.74, 6) is -0.361. The van der Waals surface area contributed by atoms with Crippen LogP contribution in [0.2, 0.25) is 10.0 Å². The van der Waals surface area contributed by atoms with Gasteiger partial charge in [0, 0.05) is 12.1 Å². The zero-order valence-corrected chi connectivity index (χ0v) is 18.5. The molecule has 3 aromatic rings. The van der Waals surface area contributed by atoms with Gasteiger partial charge in [0.2, 0.25) is 10.0 Å². The van der Waals surface area contributed by atoms with Gasteiger partial charge in [0.15, 0.2) is 0 Å². The highest BCUT2D eigenvalue weighted by atomic mass is 35.5. The topological polar surface area (TPSA) is 130 Å². The SMILES string of the molecule is O=C(Nc1ccc([N+](=O)[O-])cc1NS(=O)(=O)Cc1ccccc1)Nc1cccc(Cl)c1Cl. The van der Waals surface area contributed by atoms with E-state index in [2.05, 4.69) is 15.4 Å². The summed E-state index contributed by atoms with van der Waals surface area (Å²) in [6, 6.07) is 15.7. The molecule has 0 radical (unpaired) electrons. The smallest absolute Gasteiger partial charge is 0.306 e. The number of hydrogen-bond acceptors (Lipinski definition) is 5. The van der Waals surface area contributed by atoms with Gasteiger partial charge in [0.05, 0.1) is 37.8 Å². The van der Waals surface area contributed by atoms with Crippen molar-refractivity contribution in [3.63, 3.8) is 0 Å². The van der Waals surface area contributed by atoms with Crippen LogP contribution < -0.4 is 15.4 Å². The first-order valence-electron chi connectivity index (χ1n) is 8.99. The van der Waals surface area contributed by atoms with E-state index in [4.69, 9.17) is 23.2 Å². The Labute approximate surface area is 193 Å². The molecule has 0 spiro atoms. The number of hydrogen-bond donors (Lipinski definition) is 3. The number of urea groups is 1. The molecule has 0 unspecified atom stereocenters. The van der Waals surface area contributed by atoms with Gasteiger partial charge in [0.1, 0.15) is 0 Å². The molecule has 9 nitrogen and oxygen atoms in total. The highest BCUT2D eigenvalue weighted by Crippen LogP contribution is 2.31. The van der Waals surface area contributed by atoms with Crippen LogP contribution in [-0.2, 0) is 15.8 Å². The molecule has 0 atom stereocenters. The molecule has 0 saturated carbocycles. The average Bonchev–Trinajstić information content (AvgIpc) is 2.72. The third-order valence-corrected chi connectivity index (χ3v) is 6.19. The Bertz CT molecular complexity index is 1270. The monoisotopic (exact) mass is 494 g/mol. The number of non-ortho nitro benzene ring substituents is 1. The van der Waals surface area contributed by atoms with Crippen molar-refractivity contribution in [3.8, 4) is 0 Å². The number of carbonyl (C=O) groups is 1. The van der Waals surface area contributed by atoms with Gasteiger partial charge in [-0.05, 0) is 23.8 Å². The lowest BCUT2D eigenvalue weighted by molar-refractivity contribution is -0.384. The van der Waals surface area contributed by atoms with Crippen molar-refractivity contribution in [1.29, 1.82) is 0 Å². The number of halogens is 2. The number of benzene rings is 3. The van der Waals surface area contributed by atoms with E-state index in [1.54, 1.807) is 42.5 Å². The van der Waals surface area contributed by atoms with Gasteiger partial charge in [0.25, 0.3) is 5.69 Å². The molecule has 3 aromatic carbocycles. The maximum absolute atomic E-state index is 12.6. The van der Waals surface area contributed by atoms with Gasteiger partial charge < -0.3 is 10.6 Å². The number of nitro benzene ring substituents is 1. The van der Waals surface area contributed by atoms with Crippen molar-refractivity contribution in [2.45, 2.75) is 5.75 Å². The summed E-state index contributed by atoms with van der Waals surface area (Å²) in [6.07, 6.45) is 0. The van der Waals surface area contributed by atoms with E-state index in [-0.39, 0.29) is 38.5 Å². The lowest BCUT2D eigenvalue weighted by Crippen LogP contribution is -2.22. The van der Waals surface area contributed by atoms with E-state index in [1.165, 1.54) is 12.1 Å². The lowest BCUT2D eigenvalue weighted by Gasteiger charge is -2.15. The zero-order chi connectivity index (χ0) is 23.3. The van der Waals surface area contributed by atoms with Crippen molar-refractivity contribution >= 4 is 62.0 Å². The minimum absolute atomic E-state index is 0.00267. The fraction of sp³-hybridized carbons (Fsp3) is 0.0500. The summed E-state index contributed by atoms with van der Waals surface area (Å²) in [4.78, 5) is 22.9. The highest BCUT2D eigenvalue weighted by molar-refractivity contribution is 7.91. The molecule has 32 heavy (non-hydrogen) atoms. The van der Waals surface area contributed by atoms with E-state index in [0.29, 0.717) is 5.56 Å². The summed E-state index contributed by atoms with van der Waals surface area (Å²) in [5.41, 5.74) is 0.231. The predicted molar refractivity (Wildman–Crippen MR) is 125 cm³/mol. The number of anilines is 3. The number of rotatable bonds is 7. The van der Waals surface area contributed by atoms with E-state index in [1.807, 2.05) is 0 Å². The van der Waals surface area contributed by atoms with Gasteiger partial charge in [-0.25, -0.2) is 13.2 Å². The fourth-order valence-corrected chi connectivity index (χ4v) is 4.27. The van der Waals surface area contributed by atoms with Gasteiger partial charge >= 0.3 is 6.03 Å². The molecule has 0 aliphatic rings. The van der Waals surface area contributed by atoms with E-state index >= 15 is 0 Å². The van der Waals surface area contributed by atoms with Crippen LogP contribution in [0, 0.1) is 10.1 Å². The summed E-state index contributed by atoms with van der Waals surface area (Å²) >= 11 is 12.0. The highest BCUT2D eigenvalue weighted by Gasteiger charge is 2.19. The third-order valence-electron chi connectivity index (χ3n) is 4.13. The summed E-state index contributed by atoms with van der Waals surface area (Å²) in [7, 11) is -3.94. The summed E-state index contributed by atoms with van der Waals surface area (Å²) < 4.78 is 27.5. The lowest BCUT2D eigenvalue weighted by atomic mass is 10.2. The van der Waals surface area contributed by atoms with Crippen LogP contribution in [0.5, 0.6) is 0 Å². The van der Waals surface area contributed by atoms with Crippen LogP contribution in [0.15, 0.2) is 66.7 Å². The molecule has 3 N–H and O–H groups in total. The van der Waals surface area contributed by atoms with E-state index < -0.39 is 21.0 Å². The van der Waals surface area contributed by atoms with Crippen LogP contribution >= 0.6 is 23.2 Å². The second kappa shape index (κ2) is 9.86. The Morgan fingerprint density at radius 1 is 0.906 bits per heavy atom. The van der Waals surface area contributed by atoms with Crippen molar-refractivity contribution in [2.75, 3.05) is 15.4 Å². The molecule has 0 aliphatic carbocycles. The Hall–Kier alpha value is -3.34. The molecule has 0 saturated heterocycles. The zero-order valence-electron chi connectivity index (χ0n) is 16.2. The van der Waals surface area contributed by atoms with Crippen LogP contribution in [0.3, 0.4) is 0 Å². The molecule has 0 fully saturated rings. The Kier molecular flexibility index (Phi) is 7.18. The summed E-state index contributed by atoms with van der Waals surface area (Å²) in [6.45, 7) is 0. The maximum atomic E-state index is 12.6. The van der Waals surface area contributed by atoms with Gasteiger partial charge in [-0.2, -0.15) is 0 Å². The van der Waals surface area contributed by atoms with E-state index in [9.17, 15) is 23.3 Å². The molecule has 0 aliphatic heterocycles. The minimum atomic E-state index is -3.94. The normalized spacial score (nSPS) is 10.9. The van der Waals surface area contributed by atoms with Crippen LogP contribution in [0.4, 0.5) is 27.5 Å². The number of nitro groups is 1. The molecule has 3 rings (SSSR count). The number of amides is 2. The molecular weight excluding hydrogens is 479 g/mol. The first-order valence-corrected chi connectivity index (χ1v) is 11.4. The van der Waals surface area contributed by atoms with Crippen LogP contribution in [0.1, 0.15) is 5.56 Å². The standard InChI is InChI=1S/C20H16Cl2N4O5S/c21-15-7-4-8-17(19(15)22)24-20(27)23-16-10-9-14(26(28)29)11-18(16)25-32(30,31)12-13-5-2-1-3-6-13/h1-11,25H,12H2,(H2,23,24,27). The molecule has 12 heteroatoms. The largest absolute Gasteiger partial charge is 0.323 e. The van der Waals surface area contributed by atoms with Crippen molar-refractivity contribution in [1.82, 2.24) is 0 Å². The second-order valence-corrected chi connectivity index (χ2v) is 9.02. The first-order chi connectivity index (χ1) is 15.1. The first kappa shape index (κ1) is 23.3. The van der Waals surface area contributed by atoms with Gasteiger partial charge in [-0.1, -0.05) is 59.6 Å². The van der Waals surface area contributed by atoms with Gasteiger partial charge in [-0.3, -0.25) is 14.8 Å². The Morgan fingerprint density at radius 2 is 1.59 bits per heavy atom. The maximum Gasteiger partial charge on any atom is 0.323 e.